The predicted octanol–water partition coefficient (Wildman–Crippen LogP) is 3.35. The summed E-state index contributed by atoms with van der Waals surface area (Å²) in [6.07, 6.45) is 0. The topological polar surface area (TPSA) is 51.3 Å². The van der Waals surface area contributed by atoms with Gasteiger partial charge in [0, 0.05) is 11.3 Å². The molecule has 0 unspecified atom stereocenters. The number of hydrogen-bond donors (Lipinski definition) is 1. The molecular weight excluding hydrogens is 285 g/mol. The first-order valence-electron chi connectivity index (χ1n) is 6.67. The van der Waals surface area contributed by atoms with Crippen LogP contribution < -0.4 is 15.0 Å². The van der Waals surface area contributed by atoms with Crippen LogP contribution in [0.4, 0.5) is 4.39 Å². The molecule has 1 heterocycles. The van der Waals surface area contributed by atoms with Crippen LogP contribution in [0.25, 0.3) is 22.0 Å². The first-order chi connectivity index (χ1) is 10.6. The molecule has 0 aliphatic carbocycles. The molecule has 1 N–H and O–H groups in total. The van der Waals surface area contributed by atoms with Crippen molar-refractivity contribution in [1.82, 2.24) is 4.98 Å². The minimum absolute atomic E-state index is 0.266. The Balaban J connectivity index is 2.26. The third kappa shape index (κ3) is 2.41. The van der Waals surface area contributed by atoms with E-state index in [9.17, 15) is 9.18 Å². The van der Waals surface area contributed by atoms with E-state index in [1.54, 1.807) is 30.3 Å². The van der Waals surface area contributed by atoms with Gasteiger partial charge in [-0.2, -0.15) is 0 Å². The van der Waals surface area contributed by atoms with Gasteiger partial charge in [-0.1, -0.05) is 12.1 Å². The van der Waals surface area contributed by atoms with Crippen LogP contribution in [-0.2, 0) is 0 Å². The number of benzene rings is 2. The van der Waals surface area contributed by atoms with Crippen LogP contribution in [0.15, 0.2) is 47.3 Å². The molecule has 0 atom stereocenters. The molecule has 0 fully saturated rings. The number of pyridine rings is 1. The minimum atomic E-state index is -0.356. The number of H-pyrrole nitrogens is 1. The molecule has 22 heavy (non-hydrogen) atoms. The van der Waals surface area contributed by atoms with Crippen molar-refractivity contribution in [1.29, 1.82) is 0 Å². The Morgan fingerprint density at radius 3 is 2.41 bits per heavy atom. The normalized spacial score (nSPS) is 10.7. The van der Waals surface area contributed by atoms with Crippen LogP contribution in [0, 0.1) is 5.82 Å². The van der Waals surface area contributed by atoms with Crippen LogP contribution in [0.1, 0.15) is 0 Å². The van der Waals surface area contributed by atoms with Gasteiger partial charge in [-0.15, -0.1) is 0 Å². The number of nitrogens with one attached hydrogen (secondary N) is 1. The van der Waals surface area contributed by atoms with E-state index >= 15 is 0 Å². The van der Waals surface area contributed by atoms with Gasteiger partial charge in [0.25, 0.3) is 5.56 Å². The van der Waals surface area contributed by atoms with Gasteiger partial charge >= 0.3 is 0 Å². The van der Waals surface area contributed by atoms with Gasteiger partial charge in [0.05, 0.1) is 19.6 Å². The van der Waals surface area contributed by atoms with Crippen LogP contribution in [0.2, 0.25) is 0 Å². The van der Waals surface area contributed by atoms with E-state index < -0.39 is 0 Å². The lowest BCUT2D eigenvalue weighted by atomic mass is 10.1. The molecule has 0 saturated carbocycles. The second-order valence-electron chi connectivity index (χ2n) is 4.82. The van der Waals surface area contributed by atoms with Crippen molar-refractivity contribution in [2.75, 3.05) is 14.2 Å². The van der Waals surface area contributed by atoms with Crippen LogP contribution >= 0.6 is 0 Å². The zero-order valence-electron chi connectivity index (χ0n) is 12.1. The van der Waals surface area contributed by atoms with E-state index in [0.717, 1.165) is 0 Å². The molecule has 0 radical (unpaired) electrons. The summed E-state index contributed by atoms with van der Waals surface area (Å²) in [7, 11) is 3.04. The number of aromatic nitrogens is 1. The zero-order chi connectivity index (χ0) is 15.7. The van der Waals surface area contributed by atoms with Crippen molar-refractivity contribution < 1.29 is 13.9 Å². The first kappa shape index (κ1) is 14.1. The lowest BCUT2D eigenvalue weighted by Crippen LogP contribution is -2.08. The van der Waals surface area contributed by atoms with Crippen LogP contribution in [0.5, 0.6) is 11.5 Å². The maximum absolute atomic E-state index is 13.4. The van der Waals surface area contributed by atoms with Crippen molar-refractivity contribution in [3.05, 3.63) is 58.6 Å². The number of halogens is 1. The molecule has 112 valence electrons. The number of fused-ring (bicyclic) bond motifs is 1. The molecule has 5 heteroatoms. The molecule has 0 aliphatic heterocycles. The molecule has 2 aromatic carbocycles. The molecule has 1 aromatic heterocycles. The fraction of sp³-hybridized carbons (Fsp3) is 0.118. The molecule has 0 spiro atoms. The van der Waals surface area contributed by atoms with Gasteiger partial charge in [0.15, 0.2) is 11.5 Å². The van der Waals surface area contributed by atoms with E-state index in [4.69, 9.17) is 9.47 Å². The van der Waals surface area contributed by atoms with E-state index in [-0.39, 0.29) is 11.4 Å². The highest BCUT2D eigenvalue weighted by molar-refractivity contribution is 5.88. The average molecular weight is 299 g/mol. The van der Waals surface area contributed by atoms with Gasteiger partial charge in [-0.3, -0.25) is 4.79 Å². The monoisotopic (exact) mass is 299 g/mol. The highest BCUT2D eigenvalue weighted by Gasteiger charge is 2.10. The maximum Gasteiger partial charge on any atom is 0.256 e. The Labute approximate surface area is 126 Å². The number of rotatable bonds is 3. The summed E-state index contributed by atoms with van der Waals surface area (Å²) in [4.78, 5) is 15.0. The fourth-order valence-electron chi connectivity index (χ4n) is 2.40. The third-order valence-electron chi connectivity index (χ3n) is 3.48. The molecule has 0 bridgehead atoms. The highest BCUT2D eigenvalue weighted by Crippen LogP contribution is 2.32. The van der Waals surface area contributed by atoms with E-state index in [1.807, 2.05) is 0 Å². The number of methoxy groups -OCH3 is 2. The molecule has 0 amide bonds. The lowest BCUT2D eigenvalue weighted by Gasteiger charge is -2.10. The van der Waals surface area contributed by atoms with Gasteiger partial charge in [-0.25, -0.2) is 4.39 Å². The van der Waals surface area contributed by atoms with Gasteiger partial charge in [0.1, 0.15) is 5.82 Å². The summed E-state index contributed by atoms with van der Waals surface area (Å²) < 4.78 is 23.8. The smallest absolute Gasteiger partial charge is 0.256 e. The van der Waals surface area contributed by atoms with Crippen molar-refractivity contribution in [2.24, 2.45) is 0 Å². The summed E-state index contributed by atoms with van der Waals surface area (Å²) >= 11 is 0. The summed E-state index contributed by atoms with van der Waals surface area (Å²) in [5.74, 6) is 0.663. The predicted molar refractivity (Wildman–Crippen MR) is 83.1 cm³/mol. The third-order valence-corrected chi connectivity index (χ3v) is 3.48. The zero-order valence-corrected chi connectivity index (χ0v) is 12.1. The van der Waals surface area contributed by atoms with Crippen LogP contribution in [0.3, 0.4) is 0 Å². The second kappa shape index (κ2) is 5.52. The summed E-state index contributed by atoms with van der Waals surface area (Å²) in [6, 6.07) is 11.2. The Morgan fingerprint density at radius 1 is 1.00 bits per heavy atom. The molecule has 0 saturated heterocycles. The molecule has 3 rings (SSSR count). The van der Waals surface area contributed by atoms with E-state index in [2.05, 4.69) is 4.98 Å². The van der Waals surface area contributed by atoms with Crippen molar-refractivity contribution in [3.63, 3.8) is 0 Å². The van der Waals surface area contributed by atoms with Gasteiger partial charge in [0.2, 0.25) is 0 Å². The maximum atomic E-state index is 13.4. The average Bonchev–Trinajstić information content (AvgIpc) is 2.53. The quantitative estimate of drug-likeness (QED) is 0.807. The molecular formula is C17H14FNO3. The van der Waals surface area contributed by atoms with Gasteiger partial charge in [-0.05, 0) is 35.7 Å². The first-order valence-corrected chi connectivity index (χ1v) is 6.67. The fourth-order valence-corrected chi connectivity index (χ4v) is 2.40. The van der Waals surface area contributed by atoms with Crippen molar-refractivity contribution >= 4 is 10.8 Å². The summed E-state index contributed by atoms with van der Waals surface area (Å²) in [6.45, 7) is 0. The SMILES string of the molecule is COc1cc2cc(-c3cccc(F)c3)[nH]c(=O)c2cc1OC. The number of aromatic amines is 1. The Hall–Kier alpha value is -2.82. The second-order valence-corrected chi connectivity index (χ2v) is 4.82. The minimum Gasteiger partial charge on any atom is -0.493 e. The standard InChI is InChI=1S/C17H14FNO3/c1-21-15-8-11-7-14(10-4-3-5-12(18)6-10)19-17(20)13(11)9-16(15)22-2/h3-9H,1-2H3,(H,19,20). The van der Waals surface area contributed by atoms with Crippen molar-refractivity contribution in [3.8, 4) is 22.8 Å². The van der Waals surface area contributed by atoms with Gasteiger partial charge < -0.3 is 14.5 Å². The van der Waals surface area contributed by atoms with E-state index in [1.165, 1.54) is 26.4 Å². The van der Waals surface area contributed by atoms with E-state index in [0.29, 0.717) is 33.5 Å². The highest BCUT2D eigenvalue weighted by atomic mass is 19.1. The molecule has 3 aromatic rings. The van der Waals surface area contributed by atoms with Crippen LogP contribution in [-0.4, -0.2) is 19.2 Å². The Kier molecular flexibility index (Phi) is 3.55. The summed E-state index contributed by atoms with van der Waals surface area (Å²) in [5, 5.41) is 1.18. The largest absolute Gasteiger partial charge is 0.493 e. The Bertz CT molecular complexity index is 902. The molecule has 4 nitrogen and oxygen atoms in total. The lowest BCUT2D eigenvalue weighted by molar-refractivity contribution is 0.356. The summed E-state index contributed by atoms with van der Waals surface area (Å²) in [5.41, 5.74) is 0.885. The number of hydrogen-bond acceptors (Lipinski definition) is 3. The van der Waals surface area contributed by atoms with Crippen molar-refractivity contribution in [2.45, 2.75) is 0 Å². The Morgan fingerprint density at radius 2 is 1.73 bits per heavy atom. The molecule has 0 aliphatic rings. The number of ether oxygens (including phenoxy) is 2.